The summed E-state index contributed by atoms with van der Waals surface area (Å²) < 4.78 is 53.4. The quantitative estimate of drug-likeness (QED) is 0.883. The van der Waals surface area contributed by atoms with E-state index in [1.165, 1.54) is 6.07 Å². The second-order valence-corrected chi connectivity index (χ2v) is 4.42. The number of benzene rings is 1. The molecule has 0 fully saturated rings. The zero-order chi connectivity index (χ0) is 15.6. The fourth-order valence-corrected chi connectivity index (χ4v) is 1.90. The van der Waals surface area contributed by atoms with Gasteiger partial charge in [0.2, 0.25) is 0 Å². The van der Waals surface area contributed by atoms with Crippen molar-refractivity contribution in [2.24, 2.45) is 5.73 Å². The van der Waals surface area contributed by atoms with Gasteiger partial charge in [-0.25, -0.2) is 4.39 Å². The Morgan fingerprint density at radius 3 is 2.52 bits per heavy atom. The molecule has 0 saturated heterocycles. The van der Waals surface area contributed by atoms with Gasteiger partial charge in [-0.2, -0.15) is 0 Å². The molecule has 0 radical (unpaired) electrons. The fourth-order valence-electron chi connectivity index (χ4n) is 1.90. The van der Waals surface area contributed by atoms with Gasteiger partial charge in [0, 0.05) is 6.20 Å². The Balaban J connectivity index is 2.30. The molecule has 2 rings (SSSR count). The van der Waals surface area contributed by atoms with E-state index in [-0.39, 0.29) is 0 Å². The smallest absolute Gasteiger partial charge is 0.403 e. The molecule has 2 aromatic rings. The lowest BCUT2D eigenvalue weighted by Crippen LogP contribution is -2.19. The molecule has 0 aliphatic heterocycles. The van der Waals surface area contributed by atoms with Gasteiger partial charge in [-0.3, -0.25) is 4.98 Å². The average Bonchev–Trinajstić information content (AvgIpc) is 2.39. The van der Waals surface area contributed by atoms with E-state index < -0.39 is 24.0 Å². The van der Waals surface area contributed by atoms with Gasteiger partial charge in [0.15, 0.2) is 11.6 Å². The zero-order valence-electron chi connectivity index (χ0n) is 11.0. The summed E-state index contributed by atoms with van der Waals surface area (Å²) in [7, 11) is 0. The summed E-state index contributed by atoms with van der Waals surface area (Å²) in [5.41, 5.74) is 7.62. The molecule has 1 atom stereocenters. The van der Waals surface area contributed by atoms with E-state index >= 15 is 0 Å². The molecule has 0 saturated carbocycles. The maximum absolute atomic E-state index is 13.7. The third-order valence-corrected chi connectivity index (χ3v) is 2.89. The van der Waals surface area contributed by atoms with E-state index in [0.717, 1.165) is 17.7 Å². The van der Waals surface area contributed by atoms with Crippen LogP contribution in [0.1, 0.15) is 22.9 Å². The predicted octanol–water partition coefficient (Wildman–Crippen LogP) is 3.48. The van der Waals surface area contributed by atoms with Crippen LogP contribution in [0.2, 0.25) is 0 Å². The van der Waals surface area contributed by atoms with E-state index in [0.29, 0.717) is 11.3 Å². The first-order valence-electron chi connectivity index (χ1n) is 6.00. The third kappa shape index (κ3) is 3.69. The molecule has 21 heavy (non-hydrogen) atoms. The molecule has 0 aliphatic carbocycles. The van der Waals surface area contributed by atoms with Crippen molar-refractivity contribution in [3.63, 3.8) is 0 Å². The van der Waals surface area contributed by atoms with Crippen LogP contribution in [0.5, 0.6) is 5.75 Å². The number of hydrogen-bond acceptors (Lipinski definition) is 3. The third-order valence-electron chi connectivity index (χ3n) is 2.89. The van der Waals surface area contributed by atoms with Gasteiger partial charge in [-0.05, 0) is 36.2 Å². The van der Waals surface area contributed by atoms with Gasteiger partial charge in [-0.1, -0.05) is 12.1 Å². The highest BCUT2D eigenvalue weighted by Crippen LogP contribution is 2.29. The highest BCUT2D eigenvalue weighted by atomic mass is 19.4. The minimum absolute atomic E-state index is 0.309. The van der Waals surface area contributed by atoms with Crippen molar-refractivity contribution in [2.75, 3.05) is 0 Å². The van der Waals surface area contributed by atoms with Crippen LogP contribution in [0.25, 0.3) is 0 Å². The lowest BCUT2D eigenvalue weighted by atomic mass is 10.0. The van der Waals surface area contributed by atoms with E-state index in [2.05, 4.69) is 9.72 Å². The van der Waals surface area contributed by atoms with Gasteiger partial charge >= 0.3 is 6.36 Å². The number of alkyl halides is 3. The summed E-state index contributed by atoms with van der Waals surface area (Å²) in [6.45, 7) is 1.79. The molecule has 1 aromatic carbocycles. The Kier molecular flexibility index (Phi) is 4.13. The number of rotatable bonds is 3. The minimum atomic E-state index is -4.94. The second kappa shape index (κ2) is 5.69. The predicted molar refractivity (Wildman–Crippen MR) is 68.1 cm³/mol. The first-order chi connectivity index (χ1) is 9.78. The van der Waals surface area contributed by atoms with Crippen molar-refractivity contribution < 1.29 is 22.3 Å². The highest BCUT2D eigenvalue weighted by molar-refractivity contribution is 5.36. The number of nitrogens with zero attached hydrogens (tertiary/aromatic N) is 1. The topological polar surface area (TPSA) is 48.1 Å². The Morgan fingerprint density at radius 1 is 1.24 bits per heavy atom. The van der Waals surface area contributed by atoms with Gasteiger partial charge in [-0.15, -0.1) is 13.2 Å². The van der Waals surface area contributed by atoms with Gasteiger partial charge in [0.25, 0.3) is 0 Å². The van der Waals surface area contributed by atoms with Crippen molar-refractivity contribution in [1.29, 1.82) is 0 Å². The Labute approximate surface area is 118 Å². The van der Waals surface area contributed by atoms with Crippen LogP contribution in [-0.4, -0.2) is 11.3 Å². The van der Waals surface area contributed by atoms with Gasteiger partial charge < -0.3 is 10.5 Å². The number of nitrogens with two attached hydrogens (primary N) is 1. The summed E-state index contributed by atoms with van der Waals surface area (Å²) >= 11 is 0. The number of aromatic nitrogens is 1. The van der Waals surface area contributed by atoms with E-state index in [1.54, 1.807) is 25.3 Å². The van der Waals surface area contributed by atoms with Crippen molar-refractivity contribution >= 4 is 0 Å². The number of aryl methyl sites for hydroxylation is 1. The van der Waals surface area contributed by atoms with Gasteiger partial charge in [0.1, 0.15) is 0 Å². The van der Waals surface area contributed by atoms with Crippen LogP contribution in [-0.2, 0) is 0 Å². The first-order valence-corrected chi connectivity index (χ1v) is 6.00. The van der Waals surface area contributed by atoms with Crippen molar-refractivity contribution in [3.8, 4) is 5.75 Å². The minimum Gasteiger partial charge on any atom is -0.403 e. The van der Waals surface area contributed by atoms with E-state index in [1.807, 2.05) is 0 Å². The van der Waals surface area contributed by atoms with Crippen LogP contribution >= 0.6 is 0 Å². The molecule has 0 amide bonds. The lowest BCUT2D eigenvalue weighted by Gasteiger charge is -2.15. The lowest BCUT2D eigenvalue weighted by molar-refractivity contribution is -0.275. The standard InChI is InChI=1S/C14H12F4N2O/c1-8-3-2-6-20-13(8)12(19)9-4-5-11(10(15)7-9)21-14(16,17)18/h2-7,12H,19H2,1H3. The Hall–Kier alpha value is -2.15. The number of pyridine rings is 1. The molecular formula is C14H12F4N2O. The van der Waals surface area contributed by atoms with Crippen LogP contribution in [0.4, 0.5) is 17.6 Å². The summed E-state index contributed by atoms with van der Waals surface area (Å²) in [4.78, 5) is 4.11. The summed E-state index contributed by atoms with van der Waals surface area (Å²) in [5, 5.41) is 0. The molecule has 1 heterocycles. The largest absolute Gasteiger partial charge is 0.573 e. The van der Waals surface area contributed by atoms with Crippen LogP contribution in [0.3, 0.4) is 0 Å². The van der Waals surface area contributed by atoms with Crippen molar-refractivity contribution in [2.45, 2.75) is 19.3 Å². The Bertz CT molecular complexity index is 643. The first kappa shape index (κ1) is 15.2. The fraction of sp³-hybridized carbons (Fsp3) is 0.214. The molecule has 7 heteroatoms. The molecule has 2 N–H and O–H groups in total. The van der Waals surface area contributed by atoms with E-state index in [4.69, 9.17) is 5.73 Å². The molecule has 0 aliphatic rings. The maximum atomic E-state index is 13.7. The summed E-state index contributed by atoms with van der Waals surface area (Å²) in [6.07, 6.45) is -3.40. The normalized spacial score (nSPS) is 13.0. The average molecular weight is 300 g/mol. The Morgan fingerprint density at radius 2 is 1.95 bits per heavy atom. The number of halogens is 4. The second-order valence-electron chi connectivity index (χ2n) is 4.42. The summed E-state index contributed by atoms with van der Waals surface area (Å²) in [5.74, 6) is -2.02. The van der Waals surface area contributed by atoms with E-state index in [9.17, 15) is 17.6 Å². The van der Waals surface area contributed by atoms with Crippen LogP contribution in [0, 0.1) is 12.7 Å². The zero-order valence-corrected chi connectivity index (χ0v) is 11.0. The summed E-state index contributed by atoms with van der Waals surface area (Å²) in [6, 6.07) is 5.88. The highest BCUT2D eigenvalue weighted by Gasteiger charge is 2.32. The molecule has 112 valence electrons. The van der Waals surface area contributed by atoms with Crippen molar-refractivity contribution in [3.05, 3.63) is 59.2 Å². The molecule has 0 bridgehead atoms. The molecule has 3 nitrogen and oxygen atoms in total. The van der Waals surface area contributed by atoms with Gasteiger partial charge in [0.05, 0.1) is 11.7 Å². The monoisotopic (exact) mass is 300 g/mol. The molecular weight excluding hydrogens is 288 g/mol. The van der Waals surface area contributed by atoms with Crippen LogP contribution < -0.4 is 10.5 Å². The number of hydrogen-bond donors (Lipinski definition) is 1. The number of ether oxygens (including phenoxy) is 1. The molecule has 1 aromatic heterocycles. The maximum Gasteiger partial charge on any atom is 0.573 e. The van der Waals surface area contributed by atoms with Crippen LogP contribution in [0.15, 0.2) is 36.5 Å². The molecule has 1 unspecified atom stereocenters. The molecule has 0 spiro atoms. The SMILES string of the molecule is Cc1cccnc1C(N)c1ccc(OC(F)(F)F)c(F)c1. The van der Waals surface area contributed by atoms with Crippen molar-refractivity contribution in [1.82, 2.24) is 4.98 Å².